The number of carbonyl (C=O) groups is 1. The summed E-state index contributed by atoms with van der Waals surface area (Å²) >= 11 is 0. The molecule has 1 fully saturated rings. The van der Waals surface area contributed by atoms with Gasteiger partial charge in [-0.2, -0.15) is 13.2 Å². The molecule has 36 heavy (non-hydrogen) atoms. The number of nitrogens with zero attached hydrogens (tertiary/aromatic N) is 1. The number of morpholine rings is 1. The normalized spacial score (nSPS) is 14.2. The largest absolute Gasteiger partial charge is 0.496 e. The molecule has 1 saturated heterocycles. The number of halogens is 3. The van der Waals surface area contributed by atoms with Crippen LogP contribution in [-0.2, 0) is 17.5 Å². The van der Waals surface area contributed by atoms with Gasteiger partial charge in [0.25, 0.3) is 0 Å². The van der Waals surface area contributed by atoms with Crippen LogP contribution in [0.5, 0.6) is 11.5 Å². The Morgan fingerprint density at radius 3 is 2.47 bits per heavy atom. The molecule has 0 saturated carbocycles. The second-order valence-electron chi connectivity index (χ2n) is 8.23. The Balaban J connectivity index is 1.43. The number of allylic oxidation sites excluding steroid dienone is 1. The first-order valence-electron chi connectivity index (χ1n) is 11.5. The third-order valence-electron chi connectivity index (χ3n) is 5.82. The number of anilines is 1. The zero-order valence-corrected chi connectivity index (χ0v) is 19.8. The fraction of sp³-hybridized carbons (Fsp3) is 0.250. The first-order valence-corrected chi connectivity index (χ1v) is 11.5. The average molecular weight is 498 g/mol. The van der Waals surface area contributed by atoms with Crippen molar-refractivity contribution in [3.05, 3.63) is 95.1 Å². The standard InChI is InChI=1S/C28H26F3NO4/c1-34-27-12-6-20(17-22(27)19-36-25-4-2-3-23(18-25)28(29,30)31)5-11-26(33)21-7-9-24(10-8-21)32-13-15-35-16-14-32/h2-12,17-18H,13-16,19H2,1H3/b11-5+. The third-order valence-corrected chi connectivity index (χ3v) is 5.82. The van der Waals surface area contributed by atoms with E-state index in [0.717, 1.165) is 36.5 Å². The number of alkyl halides is 3. The lowest BCUT2D eigenvalue weighted by molar-refractivity contribution is -0.137. The Bertz CT molecular complexity index is 1220. The van der Waals surface area contributed by atoms with Crippen LogP contribution in [0.25, 0.3) is 6.08 Å². The van der Waals surface area contributed by atoms with Crippen LogP contribution in [0.2, 0.25) is 0 Å². The molecule has 3 aromatic rings. The van der Waals surface area contributed by atoms with Gasteiger partial charge in [0.2, 0.25) is 0 Å². The summed E-state index contributed by atoms with van der Waals surface area (Å²) in [5.74, 6) is 0.494. The first kappa shape index (κ1) is 25.3. The molecule has 1 aliphatic heterocycles. The summed E-state index contributed by atoms with van der Waals surface area (Å²) in [5.41, 5.74) is 2.22. The molecule has 1 aliphatic rings. The number of hydrogen-bond donors (Lipinski definition) is 0. The van der Waals surface area contributed by atoms with E-state index in [2.05, 4.69) is 4.90 Å². The van der Waals surface area contributed by atoms with Crippen molar-refractivity contribution in [3.8, 4) is 11.5 Å². The van der Waals surface area contributed by atoms with Crippen LogP contribution in [0, 0.1) is 0 Å². The fourth-order valence-electron chi connectivity index (χ4n) is 3.86. The molecule has 4 rings (SSSR count). The molecule has 0 N–H and O–H groups in total. The highest BCUT2D eigenvalue weighted by molar-refractivity contribution is 6.07. The molecule has 5 nitrogen and oxygen atoms in total. The van der Waals surface area contributed by atoms with Gasteiger partial charge in [-0.15, -0.1) is 0 Å². The van der Waals surface area contributed by atoms with E-state index >= 15 is 0 Å². The van der Waals surface area contributed by atoms with Crippen molar-refractivity contribution >= 4 is 17.5 Å². The van der Waals surface area contributed by atoms with Gasteiger partial charge in [-0.25, -0.2) is 0 Å². The average Bonchev–Trinajstić information content (AvgIpc) is 2.91. The second-order valence-corrected chi connectivity index (χ2v) is 8.23. The van der Waals surface area contributed by atoms with Gasteiger partial charge < -0.3 is 19.1 Å². The fourth-order valence-corrected chi connectivity index (χ4v) is 3.86. The minimum Gasteiger partial charge on any atom is -0.496 e. The molecule has 0 unspecified atom stereocenters. The van der Waals surface area contributed by atoms with E-state index < -0.39 is 11.7 Å². The van der Waals surface area contributed by atoms with E-state index in [1.54, 1.807) is 36.4 Å². The monoisotopic (exact) mass is 497 g/mol. The van der Waals surface area contributed by atoms with Crippen LogP contribution < -0.4 is 14.4 Å². The van der Waals surface area contributed by atoms with Crippen molar-refractivity contribution in [1.29, 1.82) is 0 Å². The van der Waals surface area contributed by atoms with Gasteiger partial charge in [-0.05, 0) is 66.2 Å². The quantitative estimate of drug-likeness (QED) is 0.281. The van der Waals surface area contributed by atoms with Gasteiger partial charge in [0.15, 0.2) is 5.78 Å². The number of ether oxygens (including phenoxy) is 3. The van der Waals surface area contributed by atoms with Crippen LogP contribution in [-0.4, -0.2) is 39.2 Å². The van der Waals surface area contributed by atoms with Crippen molar-refractivity contribution < 1.29 is 32.2 Å². The molecular formula is C28H26F3NO4. The zero-order chi connectivity index (χ0) is 25.5. The van der Waals surface area contributed by atoms with E-state index in [0.29, 0.717) is 30.1 Å². The van der Waals surface area contributed by atoms with E-state index in [-0.39, 0.29) is 18.1 Å². The summed E-state index contributed by atoms with van der Waals surface area (Å²) in [4.78, 5) is 14.9. The summed E-state index contributed by atoms with van der Waals surface area (Å²) in [7, 11) is 1.50. The molecule has 1 heterocycles. The van der Waals surface area contributed by atoms with Gasteiger partial charge in [-0.3, -0.25) is 4.79 Å². The van der Waals surface area contributed by atoms with Crippen LogP contribution in [0.4, 0.5) is 18.9 Å². The maximum absolute atomic E-state index is 13.0. The number of hydrogen-bond acceptors (Lipinski definition) is 5. The number of methoxy groups -OCH3 is 1. The van der Waals surface area contributed by atoms with Crippen molar-refractivity contribution in [1.82, 2.24) is 0 Å². The number of rotatable bonds is 8. The Kier molecular flexibility index (Phi) is 7.95. The van der Waals surface area contributed by atoms with E-state index in [1.807, 2.05) is 12.1 Å². The molecule has 0 radical (unpaired) electrons. The lowest BCUT2D eigenvalue weighted by Crippen LogP contribution is -2.36. The summed E-state index contributed by atoms with van der Waals surface area (Å²) in [5, 5.41) is 0. The number of benzene rings is 3. The lowest BCUT2D eigenvalue weighted by atomic mass is 10.1. The predicted octanol–water partition coefficient (Wildman–Crippen LogP) is 6.03. The SMILES string of the molecule is COc1ccc(/C=C/C(=O)c2ccc(N3CCOCC3)cc2)cc1COc1cccc(C(F)(F)F)c1. The number of carbonyl (C=O) groups excluding carboxylic acids is 1. The van der Waals surface area contributed by atoms with E-state index in [4.69, 9.17) is 14.2 Å². The third kappa shape index (κ3) is 6.46. The van der Waals surface area contributed by atoms with E-state index in [1.165, 1.54) is 25.3 Å². The van der Waals surface area contributed by atoms with Crippen molar-refractivity contribution in [2.75, 3.05) is 38.3 Å². The van der Waals surface area contributed by atoms with Crippen molar-refractivity contribution in [3.63, 3.8) is 0 Å². The predicted molar refractivity (Wildman–Crippen MR) is 132 cm³/mol. The zero-order valence-electron chi connectivity index (χ0n) is 19.8. The molecule has 0 amide bonds. The van der Waals surface area contributed by atoms with Gasteiger partial charge in [0.05, 0.1) is 25.9 Å². The molecular weight excluding hydrogens is 471 g/mol. The van der Waals surface area contributed by atoms with Crippen LogP contribution in [0.1, 0.15) is 27.0 Å². The van der Waals surface area contributed by atoms with Gasteiger partial charge in [-0.1, -0.05) is 18.2 Å². The number of ketones is 1. The first-order chi connectivity index (χ1) is 17.3. The Hall–Kier alpha value is -3.78. The summed E-state index contributed by atoms with van der Waals surface area (Å²) in [6, 6.07) is 17.5. The van der Waals surface area contributed by atoms with Crippen LogP contribution >= 0.6 is 0 Å². The lowest BCUT2D eigenvalue weighted by Gasteiger charge is -2.28. The highest BCUT2D eigenvalue weighted by Crippen LogP contribution is 2.32. The molecule has 0 spiro atoms. The van der Waals surface area contributed by atoms with Crippen molar-refractivity contribution in [2.24, 2.45) is 0 Å². The topological polar surface area (TPSA) is 48.0 Å². The van der Waals surface area contributed by atoms with Crippen LogP contribution in [0.3, 0.4) is 0 Å². The van der Waals surface area contributed by atoms with Gasteiger partial charge >= 0.3 is 6.18 Å². The molecule has 0 atom stereocenters. The molecule has 0 bridgehead atoms. The maximum atomic E-state index is 13.0. The minimum absolute atomic E-state index is 0.00309. The molecule has 0 aliphatic carbocycles. The Morgan fingerprint density at radius 2 is 1.78 bits per heavy atom. The van der Waals surface area contributed by atoms with Gasteiger partial charge in [0, 0.05) is 29.9 Å². The summed E-state index contributed by atoms with van der Waals surface area (Å²) < 4.78 is 55.2. The Morgan fingerprint density at radius 1 is 1.03 bits per heavy atom. The summed E-state index contributed by atoms with van der Waals surface area (Å²) in [6.45, 7) is 3.04. The maximum Gasteiger partial charge on any atom is 0.416 e. The summed E-state index contributed by atoms with van der Waals surface area (Å²) in [6.07, 6.45) is -1.27. The molecule has 8 heteroatoms. The molecule has 0 aromatic heterocycles. The smallest absolute Gasteiger partial charge is 0.416 e. The van der Waals surface area contributed by atoms with Crippen LogP contribution in [0.15, 0.2) is 72.8 Å². The second kappa shape index (κ2) is 11.3. The van der Waals surface area contributed by atoms with Gasteiger partial charge in [0.1, 0.15) is 18.1 Å². The highest BCUT2D eigenvalue weighted by Gasteiger charge is 2.30. The molecule has 3 aromatic carbocycles. The highest BCUT2D eigenvalue weighted by atomic mass is 19.4. The molecule has 188 valence electrons. The van der Waals surface area contributed by atoms with Crippen molar-refractivity contribution in [2.45, 2.75) is 12.8 Å². The van der Waals surface area contributed by atoms with E-state index in [9.17, 15) is 18.0 Å². The minimum atomic E-state index is -4.45. The Labute approximate surface area is 207 Å².